The summed E-state index contributed by atoms with van der Waals surface area (Å²) in [5, 5.41) is 3.48. The fraction of sp³-hybridized carbons (Fsp3) is 1.00. The van der Waals surface area contributed by atoms with Gasteiger partial charge in [0.15, 0.2) is 0 Å². The van der Waals surface area contributed by atoms with E-state index < -0.39 is 0 Å². The summed E-state index contributed by atoms with van der Waals surface area (Å²) in [5.41, 5.74) is 0.223. The lowest BCUT2D eigenvalue weighted by Crippen LogP contribution is -2.35. The molecule has 0 aromatic carbocycles. The second kappa shape index (κ2) is 8.04. The Morgan fingerprint density at radius 1 is 1.25 bits per heavy atom. The van der Waals surface area contributed by atoms with Gasteiger partial charge in [-0.05, 0) is 26.6 Å². The minimum absolute atomic E-state index is 0.223. The van der Waals surface area contributed by atoms with Crippen LogP contribution in [0.25, 0.3) is 0 Å². The van der Waals surface area contributed by atoms with Crippen LogP contribution in [0.3, 0.4) is 0 Å². The highest BCUT2D eigenvalue weighted by molar-refractivity contribution is 4.71. The molecule has 0 heterocycles. The molecule has 0 atom stereocenters. The zero-order valence-electron chi connectivity index (χ0n) is 12.0. The van der Waals surface area contributed by atoms with Gasteiger partial charge in [0.25, 0.3) is 0 Å². The van der Waals surface area contributed by atoms with E-state index in [2.05, 4.69) is 52.0 Å². The van der Waals surface area contributed by atoms with Gasteiger partial charge in [0.05, 0.1) is 13.2 Å². The van der Waals surface area contributed by atoms with Gasteiger partial charge in [0.1, 0.15) is 0 Å². The molecular formula is C13H30N2O. The maximum Gasteiger partial charge on any atom is 0.0593 e. The van der Waals surface area contributed by atoms with Crippen LogP contribution in [0.1, 0.15) is 27.7 Å². The number of likely N-dealkylation sites (N-methyl/N-ethyl adjacent to an activating group) is 1. The lowest BCUT2D eigenvalue weighted by atomic mass is 9.94. The SMILES string of the molecule is CC(C)CNCC(C)(C)COCCN(C)C. The molecule has 3 nitrogen and oxygen atoms in total. The van der Waals surface area contributed by atoms with Crippen molar-refractivity contribution in [2.75, 3.05) is 46.9 Å². The van der Waals surface area contributed by atoms with Crippen LogP contribution in [0.5, 0.6) is 0 Å². The summed E-state index contributed by atoms with van der Waals surface area (Å²) in [7, 11) is 4.14. The molecule has 0 rings (SSSR count). The number of hydrogen-bond acceptors (Lipinski definition) is 3. The third-order valence-electron chi connectivity index (χ3n) is 2.33. The van der Waals surface area contributed by atoms with E-state index in [0.717, 1.165) is 32.8 Å². The lowest BCUT2D eigenvalue weighted by molar-refractivity contribution is 0.0535. The number of hydrogen-bond donors (Lipinski definition) is 1. The number of rotatable bonds is 9. The summed E-state index contributed by atoms with van der Waals surface area (Å²) in [6, 6.07) is 0. The molecule has 3 heteroatoms. The molecule has 0 aliphatic heterocycles. The van der Waals surface area contributed by atoms with Crippen LogP contribution in [-0.2, 0) is 4.74 Å². The van der Waals surface area contributed by atoms with Gasteiger partial charge in [-0.25, -0.2) is 0 Å². The molecular weight excluding hydrogens is 200 g/mol. The van der Waals surface area contributed by atoms with Crippen LogP contribution in [0.2, 0.25) is 0 Å². The second-order valence-electron chi connectivity index (χ2n) is 6.04. The van der Waals surface area contributed by atoms with Gasteiger partial charge in [-0.1, -0.05) is 27.7 Å². The molecule has 0 unspecified atom stereocenters. The first-order valence-electron chi connectivity index (χ1n) is 6.27. The summed E-state index contributed by atoms with van der Waals surface area (Å²) in [6.07, 6.45) is 0. The normalized spacial score (nSPS) is 12.8. The first-order chi connectivity index (χ1) is 7.33. The van der Waals surface area contributed by atoms with Crippen molar-refractivity contribution in [2.24, 2.45) is 11.3 Å². The van der Waals surface area contributed by atoms with Crippen molar-refractivity contribution >= 4 is 0 Å². The van der Waals surface area contributed by atoms with E-state index >= 15 is 0 Å². The lowest BCUT2D eigenvalue weighted by Gasteiger charge is -2.25. The van der Waals surface area contributed by atoms with Gasteiger partial charge in [-0.15, -0.1) is 0 Å². The van der Waals surface area contributed by atoms with Crippen molar-refractivity contribution in [2.45, 2.75) is 27.7 Å². The monoisotopic (exact) mass is 230 g/mol. The van der Waals surface area contributed by atoms with Crippen LogP contribution >= 0.6 is 0 Å². The van der Waals surface area contributed by atoms with Crippen LogP contribution in [0, 0.1) is 11.3 Å². The Hall–Kier alpha value is -0.120. The molecule has 0 aliphatic rings. The zero-order chi connectivity index (χ0) is 12.6. The molecule has 0 aromatic rings. The molecule has 0 radical (unpaired) electrons. The van der Waals surface area contributed by atoms with E-state index in [1.807, 2.05) is 0 Å². The first kappa shape index (κ1) is 15.9. The van der Waals surface area contributed by atoms with Crippen LogP contribution in [-0.4, -0.2) is 51.8 Å². The third kappa shape index (κ3) is 10.4. The molecule has 0 amide bonds. The van der Waals surface area contributed by atoms with Crippen molar-refractivity contribution in [1.29, 1.82) is 0 Å². The van der Waals surface area contributed by atoms with E-state index in [0.29, 0.717) is 5.92 Å². The zero-order valence-corrected chi connectivity index (χ0v) is 12.0. The smallest absolute Gasteiger partial charge is 0.0593 e. The average molecular weight is 230 g/mol. The first-order valence-corrected chi connectivity index (χ1v) is 6.27. The molecule has 0 bridgehead atoms. The maximum atomic E-state index is 5.69. The molecule has 0 aromatic heterocycles. The van der Waals surface area contributed by atoms with E-state index in [1.165, 1.54) is 0 Å². The van der Waals surface area contributed by atoms with Crippen molar-refractivity contribution in [3.05, 3.63) is 0 Å². The van der Waals surface area contributed by atoms with Gasteiger partial charge < -0.3 is 15.0 Å². The Bertz CT molecular complexity index is 167. The minimum Gasteiger partial charge on any atom is -0.380 e. The number of ether oxygens (including phenoxy) is 1. The standard InChI is InChI=1S/C13H30N2O/c1-12(2)9-14-10-13(3,4)11-16-8-7-15(5)6/h12,14H,7-11H2,1-6H3. The number of nitrogens with zero attached hydrogens (tertiary/aromatic N) is 1. The molecule has 16 heavy (non-hydrogen) atoms. The fourth-order valence-corrected chi connectivity index (χ4v) is 1.35. The topological polar surface area (TPSA) is 24.5 Å². The van der Waals surface area contributed by atoms with Crippen molar-refractivity contribution in [1.82, 2.24) is 10.2 Å². The van der Waals surface area contributed by atoms with Crippen molar-refractivity contribution < 1.29 is 4.74 Å². The molecule has 0 fully saturated rings. The van der Waals surface area contributed by atoms with Gasteiger partial charge >= 0.3 is 0 Å². The van der Waals surface area contributed by atoms with Crippen LogP contribution < -0.4 is 5.32 Å². The Labute approximate surface area is 102 Å². The predicted octanol–water partition coefficient (Wildman–Crippen LogP) is 1.84. The van der Waals surface area contributed by atoms with E-state index in [4.69, 9.17) is 4.74 Å². The summed E-state index contributed by atoms with van der Waals surface area (Å²) >= 11 is 0. The summed E-state index contributed by atoms with van der Waals surface area (Å²) in [5.74, 6) is 0.713. The Kier molecular flexibility index (Phi) is 7.98. The Balaban J connectivity index is 3.53. The van der Waals surface area contributed by atoms with Crippen LogP contribution in [0.15, 0.2) is 0 Å². The van der Waals surface area contributed by atoms with E-state index in [-0.39, 0.29) is 5.41 Å². The quantitative estimate of drug-likeness (QED) is 0.612. The fourth-order valence-electron chi connectivity index (χ4n) is 1.35. The molecule has 0 saturated heterocycles. The maximum absolute atomic E-state index is 5.69. The van der Waals surface area contributed by atoms with Gasteiger partial charge in [0.2, 0.25) is 0 Å². The van der Waals surface area contributed by atoms with Crippen molar-refractivity contribution in [3.8, 4) is 0 Å². The van der Waals surface area contributed by atoms with E-state index in [1.54, 1.807) is 0 Å². The van der Waals surface area contributed by atoms with Crippen molar-refractivity contribution in [3.63, 3.8) is 0 Å². The molecule has 0 spiro atoms. The summed E-state index contributed by atoms with van der Waals surface area (Å²) in [6.45, 7) is 13.7. The second-order valence-corrected chi connectivity index (χ2v) is 6.04. The predicted molar refractivity (Wildman–Crippen MR) is 70.9 cm³/mol. The van der Waals surface area contributed by atoms with Gasteiger partial charge in [-0.2, -0.15) is 0 Å². The van der Waals surface area contributed by atoms with Gasteiger partial charge in [0, 0.05) is 18.5 Å². The Morgan fingerprint density at radius 3 is 2.38 bits per heavy atom. The largest absolute Gasteiger partial charge is 0.380 e. The molecule has 0 aliphatic carbocycles. The minimum atomic E-state index is 0.223. The average Bonchev–Trinajstić information content (AvgIpc) is 2.11. The highest BCUT2D eigenvalue weighted by Crippen LogP contribution is 2.13. The number of nitrogens with one attached hydrogen (secondary N) is 1. The van der Waals surface area contributed by atoms with E-state index in [9.17, 15) is 0 Å². The summed E-state index contributed by atoms with van der Waals surface area (Å²) in [4.78, 5) is 2.14. The third-order valence-corrected chi connectivity index (χ3v) is 2.33. The van der Waals surface area contributed by atoms with Crippen LogP contribution in [0.4, 0.5) is 0 Å². The molecule has 0 saturated carbocycles. The highest BCUT2D eigenvalue weighted by Gasteiger charge is 2.17. The highest BCUT2D eigenvalue weighted by atomic mass is 16.5. The summed E-state index contributed by atoms with van der Waals surface area (Å²) < 4.78 is 5.69. The Morgan fingerprint density at radius 2 is 1.88 bits per heavy atom. The molecule has 1 N–H and O–H groups in total. The molecule has 98 valence electrons. The van der Waals surface area contributed by atoms with Gasteiger partial charge in [-0.3, -0.25) is 0 Å².